The lowest BCUT2D eigenvalue weighted by atomic mass is 9.93. The molecule has 1 saturated carbocycles. The topological polar surface area (TPSA) is 17.0 Å². The van der Waals surface area contributed by atoms with Crippen molar-refractivity contribution in [3.05, 3.63) is 35.5 Å². The zero-order chi connectivity index (χ0) is 11.8. The van der Waals surface area contributed by atoms with Crippen LogP contribution in [0.2, 0.25) is 0 Å². The smallest absolute Gasteiger partial charge is 0.0480 e. The van der Waals surface area contributed by atoms with Gasteiger partial charge in [0, 0.05) is 36.2 Å². The molecular formula is C15H20N2. The van der Waals surface area contributed by atoms with E-state index in [9.17, 15) is 0 Å². The second-order valence-corrected chi connectivity index (χ2v) is 5.27. The Balaban J connectivity index is 1.85. The van der Waals surface area contributed by atoms with E-state index in [4.69, 9.17) is 0 Å². The number of fused-ring (bicyclic) bond motifs is 1. The van der Waals surface area contributed by atoms with Gasteiger partial charge >= 0.3 is 0 Å². The van der Waals surface area contributed by atoms with Crippen LogP contribution >= 0.6 is 0 Å². The Morgan fingerprint density at radius 2 is 2.12 bits per heavy atom. The molecule has 0 atom stereocenters. The highest BCUT2D eigenvalue weighted by Gasteiger charge is 2.16. The van der Waals surface area contributed by atoms with Crippen molar-refractivity contribution in [3.63, 3.8) is 0 Å². The van der Waals surface area contributed by atoms with Crippen LogP contribution in [0.1, 0.15) is 30.5 Å². The summed E-state index contributed by atoms with van der Waals surface area (Å²) in [7, 11) is 2.16. The zero-order valence-electron chi connectivity index (χ0n) is 10.7. The number of nitrogens with zero attached hydrogens (tertiary/aromatic N) is 1. The fourth-order valence-corrected chi connectivity index (χ4v) is 2.56. The molecule has 1 N–H and O–H groups in total. The lowest BCUT2D eigenvalue weighted by molar-refractivity contribution is 0.336. The van der Waals surface area contributed by atoms with Crippen molar-refractivity contribution in [2.45, 2.75) is 38.8 Å². The number of aryl methyl sites for hydroxylation is 2. The molecule has 2 aromatic rings. The predicted molar refractivity (Wildman–Crippen MR) is 72.1 cm³/mol. The molecular weight excluding hydrogens is 208 g/mol. The van der Waals surface area contributed by atoms with Crippen LogP contribution in [-0.2, 0) is 13.6 Å². The maximum atomic E-state index is 3.63. The minimum Gasteiger partial charge on any atom is -0.346 e. The first-order valence-corrected chi connectivity index (χ1v) is 6.52. The normalized spacial score (nSPS) is 16.4. The quantitative estimate of drug-likeness (QED) is 0.854. The molecule has 1 fully saturated rings. The molecule has 1 heterocycles. The molecule has 0 amide bonds. The van der Waals surface area contributed by atoms with E-state index in [0.717, 1.165) is 12.6 Å². The number of benzene rings is 1. The molecule has 0 saturated heterocycles. The zero-order valence-corrected chi connectivity index (χ0v) is 10.7. The van der Waals surface area contributed by atoms with E-state index >= 15 is 0 Å². The number of aromatic nitrogens is 1. The molecule has 17 heavy (non-hydrogen) atoms. The minimum atomic E-state index is 0.759. The highest BCUT2D eigenvalue weighted by Crippen LogP contribution is 2.22. The molecule has 0 aliphatic heterocycles. The third-order valence-electron chi connectivity index (χ3n) is 3.97. The summed E-state index contributed by atoms with van der Waals surface area (Å²) in [4.78, 5) is 0. The van der Waals surface area contributed by atoms with Gasteiger partial charge in [-0.15, -0.1) is 0 Å². The Morgan fingerprint density at radius 3 is 2.82 bits per heavy atom. The summed E-state index contributed by atoms with van der Waals surface area (Å²) in [6.07, 6.45) is 4.10. The van der Waals surface area contributed by atoms with Crippen LogP contribution in [0.5, 0.6) is 0 Å². The van der Waals surface area contributed by atoms with E-state index in [1.807, 2.05) is 0 Å². The lowest BCUT2D eigenvalue weighted by Crippen LogP contribution is -2.34. The van der Waals surface area contributed by atoms with E-state index in [0.29, 0.717) is 0 Å². The average Bonchev–Trinajstić information content (AvgIpc) is 2.53. The Hall–Kier alpha value is -1.28. The van der Waals surface area contributed by atoms with E-state index in [-0.39, 0.29) is 0 Å². The Kier molecular flexibility index (Phi) is 2.67. The lowest BCUT2D eigenvalue weighted by Gasteiger charge is -2.26. The van der Waals surface area contributed by atoms with Crippen molar-refractivity contribution >= 4 is 10.9 Å². The third-order valence-corrected chi connectivity index (χ3v) is 3.97. The molecule has 3 rings (SSSR count). The fraction of sp³-hybridized carbons (Fsp3) is 0.467. The first-order chi connectivity index (χ1) is 8.24. The van der Waals surface area contributed by atoms with Crippen LogP contribution in [-0.4, -0.2) is 10.6 Å². The Morgan fingerprint density at radius 1 is 1.29 bits per heavy atom. The van der Waals surface area contributed by atoms with Crippen molar-refractivity contribution in [1.29, 1.82) is 0 Å². The molecule has 1 aromatic carbocycles. The largest absolute Gasteiger partial charge is 0.346 e. The molecule has 1 aliphatic rings. The highest BCUT2D eigenvalue weighted by atomic mass is 15.0. The fourth-order valence-electron chi connectivity index (χ4n) is 2.56. The number of nitrogens with one attached hydrogen (secondary N) is 1. The van der Waals surface area contributed by atoms with Crippen molar-refractivity contribution in [2.24, 2.45) is 7.05 Å². The van der Waals surface area contributed by atoms with Crippen molar-refractivity contribution in [1.82, 2.24) is 9.88 Å². The maximum Gasteiger partial charge on any atom is 0.0480 e. The van der Waals surface area contributed by atoms with Crippen LogP contribution in [0.3, 0.4) is 0 Å². The van der Waals surface area contributed by atoms with Gasteiger partial charge < -0.3 is 9.88 Å². The average molecular weight is 228 g/mol. The van der Waals surface area contributed by atoms with Gasteiger partial charge in [-0.25, -0.2) is 0 Å². The summed E-state index contributed by atoms with van der Waals surface area (Å²) in [6, 6.07) is 9.74. The van der Waals surface area contributed by atoms with Gasteiger partial charge in [0.1, 0.15) is 0 Å². The second kappa shape index (κ2) is 4.19. The molecule has 2 heteroatoms. The second-order valence-electron chi connectivity index (χ2n) is 5.27. The molecule has 1 aromatic heterocycles. The van der Waals surface area contributed by atoms with Gasteiger partial charge in [0.15, 0.2) is 0 Å². The molecule has 0 unspecified atom stereocenters. The highest BCUT2D eigenvalue weighted by molar-refractivity contribution is 5.82. The first-order valence-electron chi connectivity index (χ1n) is 6.52. The minimum absolute atomic E-state index is 0.759. The van der Waals surface area contributed by atoms with Gasteiger partial charge in [0.05, 0.1) is 0 Å². The van der Waals surface area contributed by atoms with Gasteiger partial charge in [-0.1, -0.05) is 18.1 Å². The maximum absolute atomic E-state index is 3.63. The standard InChI is InChI=1S/C15H20N2/c1-11-6-7-15-12(8-11)9-14(17(15)2)10-16-13-4-3-5-13/h6-9,13,16H,3-5,10H2,1-2H3. The molecule has 0 spiro atoms. The van der Waals surface area contributed by atoms with Gasteiger partial charge in [-0.2, -0.15) is 0 Å². The summed E-state index contributed by atoms with van der Waals surface area (Å²) in [5.74, 6) is 0. The molecule has 1 aliphatic carbocycles. The molecule has 90 valence electrons. The van der Waals surface area contributed by atoms with E-state index < -0.39 is 0 Å². The summed E-state index contributed by atoms with van der Waals surface area (Å²) in [5, 5.41) is 4.99. The summed E-state index contributed by atoms with van der Waals surface area (Å²) >= 11 is 0. The summed E-state index contributed by atoms with van der Waals surface area (Å²) in [5.41, 5.74) is 4.06. The predicted octanol–water partition coefficient (Wildman–Crippen LogP) is 3.13. The summed E-state index contributed by atoms with van der Waals surface area (Å²) < 4.78 is 2.31. The van der Waals surface area contributed by atoms with Crippen LogP contribution in [0, 0.1) is 6.92 Å². The third kappa shape index (κ3) is 1.98. The van der Waals surface area contributed by atoms with Crippen LogP contribution in [0.15, 0.2) is 24.3 Å². The molecule has 0 bridgehead atoms. The van der Waals surface area contributed by atoms with Crippen LogP contribution in [0.25, 0.3) is 10.9 Å². The Bertz CT molecular complexity index is 535. The summed E-state index contributed by atoms with van der Waals surface area (Å²) in [6.45, 7) is 3.15. The van der Waals surface area contributed by atoms with Crippen molar-refractivity contribution in [3.8, 4) is 0 Å². The number of hydrogen-bond donors (Lipinski definition) is 1. The molecule has 0 radical (unpaired) electrons. The number of hydrogen-bond acceptors (Lipinski definition) is 1. The molecule has 2 nitrogen and oxygen atoms in total. The van der Waals surface area contributed by atoms with E-state index in [1.54, 1.807) is 0 Å². The SMILES string of the molecule is Cc1ccc2c(c1)cc(CNC1CCC1)n2C. The van der Waals surface area contributed by atoms with Crippen molar-refractivity contribution in [2.75, 3.05) is 0 Å². The van der Waals surface area contributed by atoms with Crippen LogP contribution in [0.4, 0.5) is 0 Å². The van der Waals surface area contributed by atoms with E-state index in [2.05, 4.69) is 48.1 Å². The van der Waals surface area contributed by atoms with Gasteiger partial charge in [0.2, 0.25) is 0 Å². The number of rotatable bonds is 3. The first kappa shape index (κ1) is 10.8. The van der Waals surface area contributed by atoms with Gasteiger partial charge in [-0.05, 0) is 38.0 Å². The van der Waals surface area contributed by atoms with Crippen LogP contribution < -0.4 is 5.32 Å². The van der Waals surface area contributed by atoms with Crippen molar-refractivity contribution < 1.29 is 0 Å². The van der Waals surface area contributed by atoms with E-state index in [1.165, 1.54) is 41.4 Å². The van der Waals surface area contributed by atoms with Gasteiger partial charge in [-0.3, -0.25) is 0 Å². The Labute approximate surface area is 103 Å². The monoisotopic (exact) mass is 228 g/mol. The van der Waals surface area contributed by atoms with Gasteiger partial charge in [0.25, 0.3) is 0 Å².